The van der Waals surface area contributed by atoms with Crippen molar-refractivity contribution in [2.75, 3.05) is 18.8 Å². The average Bonchev–Trinajstić information content (AvgIpc) is 2.45. The van der Waals surface area contributed by atoms with Crippen molar-refractivity contribution >= 4 is 11.8 Å². The first-order valence-electron chi connectivity index (χ1n) is 7.22. The number of hydrogen-bond acceptors (Lipinski definition) is 2. The van der Waals surface area contributed by atoms with Gasteiger partial charge in [-0.2, -0.15) is 0 Å². The Kier molecular flexibility index (Phi) is 8.45. The summed E-state index contributed by atoms with van der Waals surface area (Å²) in [5.74, 6) is 8.39. The molecule has 1 nitrogen and oxygen atoms in total. The van der Waals surface area contributed by atoms with Gasteiger partial charge in [-0.1, -0.05) is 51.5 Å². The molecule has 1 N–H and O–H groups in total. The quantitative estimate of drug-likeness (QED) is 0.455. The Bertz CT molecular complexity index is 413. The monoisotopic (exact) mass is 275 g/mol. The van der Waals surface area contributed by atoms with Crippen LogP contribution in [0, 0.1) is 17.8 Å². The fourth-order valence-corrected chi connectivity index (χ4v) is 3.02. The van der Waals surface area contributed by atoms with E-state index in [0.717, 1.165) is 24.6 Å². The van der Waals surface area contributed by atoms with Gasteiger partial charge in [-0.15, -0.1) is 11.8 Å². The molecule has 0 aliphatic rings. The SMILES string of the molecule is CCNCC#Cc1cccc(SCC(CC)CC)c1. The van der Waals surface area contributed by atoms with Crippen LogP contribution in [0.15, 0.2) is 29.2 Å². The van der Waals surface area contributed by atoms with E-state index in [0.29, 0.717) is 0 Å². The molecule has 0 aromatic heterocycles. The molecule has 104 valence electrons. The second kappa shape index (κ2) is 9.95. The van der Waals surface area contributed by atoms with E-state index in [1.54, 1.807) is 0 Å². The Morgan fingerprint density at radius 2 is 2.00 bits per heavy atom. The Morgan fingerprint density at radius 1 is 1.21 bits per heavy atom. The van der Waals surface area contributed by atoms with E-state index < -0.39 is 0 Å². The van der Waals surface area contributed by atoms with Crippen LogP contribution in [0.2, 0.25) is 0 Å². The lowest BCUT2D eigenvalue weighted by Gasteiger charge is -2.11. The van der Waals surface area contributed by atoms with Crippen LogP contribution >= 0.6 is 11.8 Å². The normalized spacial score (nSPS) is 10.3. The molecular formula is C17H25NS. The van der Waals surface area contributed by atoms with E-state index in [1.807, 2.05) is 11.8 Å². The maximum atomic E-state index is 3.21. The van der Waals surface area contributed by atoms with Crippen LogP contribution in [-0.4, -0.2) is 18.8 Å². The van der Waals surface area contributed by atoms with Crippen LogP contribution in [0.1, 0.15) is 39.2 Å². The standard InChI is InChI=1S/C17H25NS/c1-4-15(5-2)14-19-17-11-7-9-16(13-17)10-8-12-18-6-3/h7,9,11,13,15,18H,4-6,12,14H2,1-3H3. The minimum atomic E-state index is 0.765. The molecule has 1 aromatic carbocycles. The van der Waals surface area contributed by atoms with Crippen molar-refractivity contribution in [2.45, 2.75) is 38.5 Å². The van der Waals surface area contributed by atoms with Gasteiger partial charge in [0, 0.05) is 16.2 Å². The summed E-state index contributed by atoms with van der Waals surface area (Å²) in [6.45, 7) is 8.38. The Hall–Kier alpha value is -0.910. The molecule has 0 radical (unpaired) electrons. The molecular weight excluding hydrogens is 250 g/mol. The van der Waals surface area contributed by atoms with E-state index in [4.69, 9.17) is 0 Å². The van der Waals surface area contributed by atoms with Crippen LogP contribution in [0.3, 0.4) is 0 Å². The molecule has 0 bridgehead atoms. The maximum absolute atomic E-state index is 3.21. The smallest absolute Gasteiger partial charge is 0.0580 e. The molecule has 1 rings (SSSR count). The van der Waals surface area contributed by atoms with E-state index >= 15 is 0 Å². The predicted octanol–water partition coefficient (Wildman–Crippen LogP) is 4.18. The van der Waals surface area contributed by atoms with Gasteiger partial charge in [-0.25, -0.2) is 0 Å². The molecule has 0 saturated carbocycles. The van der Waals surface area contributed by atoms with E-state index in [-0.39, 0.29) is 0 Å². The third-order valence-electron chi connectivity index (χ3n) is 3.17. The lowest BCUT2D eigenvalue weighted by molar-refractivity contribution is 0.554. The molecule has 0 heterocycles. The average molecular weight is 275 g/mol. The van der Waals surface area contributed by atoms with Crippen molar-refractivity contribution in [3.05, 3.63) is 29.8 Å². The predicted molar refractivity (Wildman–Crippen MR) is 86.7 cm³/mol. The number of benzene rings is 1. The topological polar surface area (TPSA) is 12.0 Å². The van der Waals surface area contributed by atoms with Gasteiger partial charge in [0.05, 0.1) is 6.54 Å². The molecule has 0 atom stereocenters. The highest BCUT2D eigenvalue weighted by Gasteiger charge is 2.04. The van der Waals surface area contributed by atoms with Gasteiger partial charge < -0.3 is 5.32 Å². The first kappa shape index (κ1) is 16.1. The summed E-state index contributed by atoms with van der Waals surface area (Å²) in [7, 11) is 0. The van der Waals surface area contributed by atoms with Crippen molar-refractivity contribution in [1.82, 2.24) is 5.32 Å². The van der Waals surface area contributed by atoms with Crippen molar-refractivity contribution in [2.24, 2.45) is 5.92 Å². The highest BCUT2D eigenvalue weighted by atomic mass is 32.2. The zero-order chi connectivity index (χ0) is 13.9. The minimum absolute atomic E-state index is 0.765. The zero-order valence-electron chi connectivity index (χ0n) is 12.3. The summed E-state index contributed by atoms with van der Waals surface area (Å²) < 4.78 is 0. The summed E-state index contributed by atoms with van der Waals surface area (Å²) in [4.78, 5) is 1.34. The van der Waals surface area contributed by atoms with Gasteiger partial charge >= 0.3 is 0 Å². The molecule has 0 aliphatic heterocycles. The first-order chi connectivity index (χ1) is 9.30. The zero-order valence-corrected chi connectivity index (χ0v) is 13.1. The molecule has 19 heavy (non-hydrogen) atoms. The molecule has 2 heteroatoms. The molecule has 1 aromatic rings. The highest BCUT2D eigenvalue weighted by Crippen LogP contribution is 2.24. The van der Waals surface area contributed by atoms with Crippen LogP contribution in [0.5, 0.6) is 0 Å². The van der Waals surface area contributed by atoms with Gasteiger partial charge in [0.2, 0.25) is 0 Å². The summed E-state index contributed by atoms with van der Waals surface area (Å²) >= 11 is 1.95. The summed E-state index contributed by atoms with van der Waals surface area (Å²) in [5.41, 5.74) is 1.12. The fraction of sp³-hybridized carbons (Fsp3) is 0.529. The number of thioether (sulfide) groups is 1. The number of hydrogen-bond donors (Lipinski definition) is 1. The van der Waals surface area contributed by atoms with Gasteiger partial charge in [0.15, 0.2) is 0 Å². The highest BCUT2D eigenvalue weighted by molar-refractivity contribution is 7.99. The van der Waals surface area contributed by atoms with Gasteiger partial charge in [0.1, 0.15) is 0 Å². The van der Waals surface area contributed by atoms with Crippen LogP contribution in [0.25, 0.3) is 0 Å². The van der Waals surface area contributed by atoms with Crippen molar-refractivity contribution < 1.29 is 0 Å². The lowest BCUT2D eigenvalue weighted by Crippen LogP contribution is -2.11. The fourth-order valence-electron chi connectivity index (χ4n) is 1.74. The summed E-state index contributed by atoms with van der Waals surface area (Å²) in [6.07, 6.45) is 2.54. The van der Waals surface area contributed by atoms with Crippen molar-refractivity contribution in [1.29, 1.82) is 0 Å². The second-order valence-corrected chi connectivity index (χ2v) is 5.70. The Balaban J connectivity index is 2.53. The summed E-state index contributed by atoms with van der Waals surface area (Å²) in [6, 6.07) is 8.57. The molecule has 0 saturated heterocycles. The van der Waals surface area contributed by atoms with Crippen LogP contribution in [0.4, 0.5) is 0 Å². The first-order valence-corrected chi connectivity index (χ1v) is 8.21. The van der Waals surface area contributed by atoms with Gasteiger partial charge in [-0.05, 0) is 30.7 Å². The van der Waals surface area contributed by atoms with E-state index in [9.17, 15) is 0 Å². The van der Waals surface area contributed by atoms with Crippen LogP contribution in [-0.2, 0) is 0 Å². The summed E-state index contributed by atoms with van der Waals surface area (Å²) in [5, 5.41) is 3.21. The number of rotatable bonds is 7. The number of nitrogens with one attached hydrogen (secondary N) is 1. The molecule has 0 aliphatic carbocycles. The third kappa shape index (κ3) is 6.71. The second-order valence-electron chi connectivity index (χ2n) is 4.60. The third-order valence-corrected chi connectivity index (χ3v) is 4.40. The Morgan fingerprint density at radius 3 is 2.68 bits per heavy atom. The van der Waals surface area contributed by atoms with Crippen LogP contribution < -0.4 is 5.32 Å². The molecule has 0 unspecified atom stereocenters. The van der Waals surface area contributed by atoms with Gasteiger partial charge in [-0.3, -0.25) is 0 Å². The van der Waals surface area contributed by atoms with E-state index in [1.165, 1.54) is 23.5 Å². The minimum Gasteiger partial charge on any atom is -0.306 e. The van der Waals surface area contributed by atoms with Gasteiger partial charge in [0.25, 0.3) is 0 Å². The molecule has 0 fully saturated rings. The molecule has 0 amide bonds. The van der Waals surface area contributed by atoms with Crippen molar-refractivity contribution in [3.63, 3.8) is 0 Å². The van der Waals surface area contributed by atoms with Crippen molar-refractivity contribution in [3.8, 4) is 11.8 Å². The maximum Gasteiger partial charge on any atom is 0.0580 e. The molecule has 0 spiro atoms. The Labute approximate surface area is 122 Å². The van der Waals surface area contributed by atoms with E-state index in [2.05, 4.69) is 62.2 Å². The lowest BCUT2D eigenvalue weighted by atomic mass is 10.1. The largest absolute Gasteiger partial charge is 0.306 e.